The molecule has 0 aliphatic carbocycles. The zero-order valence-corrected chi connectivity index (χ0v) is 11.1. The van der Waals surface area contributed by atoms with Gasteiger partial charge >= 0.3 is 0 Å². The standard InChI is InChI=1S/C14H12Cl2O/c1-9-3-5-13(10(2)7-9)17-14-6-4-11(15)8-12(14)16/h3-8H,1-2H3. The van der Waals surface area contributed by atoms with Gasteiger partial charge in [0.15, 0.2) is 0 Å². The molecule has 2 aromatic rings. The number of hydrogen-bond acceptors (Lipinski definition) is 1. The van der Waals surface area contributed by atoms with Gasteiger partial charge in [0, 0.05) is 5.02 Å². The minimum Gasteiger partial charge on any atom is -0.456 e. The molecule has 0 aliphatic heterocycles. The van der Waals surface area contributed by atoms with Crippen LogP contribution in [0.25, 0.3) is 0 Å². The second kappa shape index (κ2) is 4.99. The Hall–Kier alpha value is -1.18. The van der Waals surface area contributed by atoms with Gasteiger partial charge in [-0.15, -0.1) is 0 Å². The highest BCUT2D eigenvalue weighted by molar-refractivity contribution is 6.35. The molecule has 0 spiro atoms. The van der Waals surface area contributed by atoms with Gasteiger partial charge in [-0.3, -0.25) is 0 Å². The molecule has 2 aromatic carbocycles. The SMILES string of the molecule is Cc1ccc(Oc2ccc(Cl)cc2Cl)c(C)c1. The average molecular weight is 267 g/mol. The van der Waals surface area contributed by atoms with Gasteiger partial charge in [0.05, 0.1) is 5.02 Å². The molecular weight excluding hydrogens is 255 g/mol. The monoisotopic (exact) mass is 266 g/mol. The Bertz CT molecular complexity index is 500. The number of hydrogen-bond donors (Lipinski definition) is 0. The van der Waals surface area contributed by atoms with E-state index in [1.165, 1.54) is 5.56 Å². The number of aryl methyl sites for hydroxylation is 2. The van der Waals surface area contributed by atoms with E-state index in [2.05, 4.69) is 6.07 Å². The van der Waals surface area contributed by atoms with E-state index >= 15 is 0 Å². The van der Waals surface area contributed by atoms with Gasteiger partial charge in [-0.2, -0.15) is 0 Å². The number of halogens is 2. The summed E-state index contributed by atoms with van der Waals surface area (Å²) in [6, 6.07) is 11.2. The second-order valence-electron chi connectivity index (χ2n) is 3.95. The van der Waals surface area contributed by atoms with Crippen molar-refractivity contribution in [2.75, 3.05) is 0 Å². The molecule has 1 nitrogen and oxygen atoms in total. The summed E-state index contributed by atoms with van der Waals surface area (Å²) in [5.74, 6) is 1.42. The van der Waals surface area contributed by atoms with Crippen LogP contribution in [0.5, 0.6) is 11.5 Å². The molecule has 0 heterocycles. The third-order valence-corrected chi connectivity index (χ3v) is 2.97. The molecule has 88 valence electrons. The van der Waals surface area contributed by atoms with E-state index in [0.29, 0.717) is 15.8 Å². The topological polar surface area (TPSA) is 9.23 Å². The van der Waals surface area contributed by atoms with E-state index in [4.69, 9.17) is 27.9 Å². The second-order valence-corrected chi connectivity index (χ2v) is 4.79. The zero-order valence-electron chi connectivity index (χ0n) is 9.63. The van der Waals surface area contributed by atoms with Crippen LogP contribution in [0.3, 0.4) is 0 Å². The fraction of sp³-hybridized carbons (Fsp3) is 0.143. The van der Waals surface area contributed by atoms with E-state index in [1.54, 1.807) is 18.2 Å². The lowest BCUT2D eigenvalue weighted by Gasteiger charge is -2.10. The first-order chi connectivity index (χ1) is 8.06. The highest BCUT2D eigenvalue weighted by Crippen LogP contribution is 2.33. The maximum absolute atomic E-state index is 6.05. The third kappa shape index (κ3) is 2.93. The van der Waals surface area contributed by atoms with Crippen LogP contribution in [0.15, 0.2) is 36.4 Å². The summed E-state index contributed by atoms with van der Waals surface area (Å²) < 4.78 is 5.76. The lowest BCUT2D eigenvalue weighted by Crippen LogP contribution is -1.89. The van der Waals surface area contributed by atoms with Crippen molar-refractivity contribution >= 4 is 23.2 Å². The van der Waals surface area contributed by atoms with Crippen molar-refractivity contribution in [3.8, 4) is 11.5 Å². The van der Waals surface area contributed by atoms with Gasteiger partial charge in [0.2, 0.25) is 0 Å². The molecule has 0 N–H and O–H groups in total. The van der Waals surface area contributed by atoms with E-state index in [0.717, 1.165) is 11.3 Å². The number of benzene rings is 2. The van der Waals surface area contributed by atoms with Crippen LogP contribution in [0.2, 0.25) is 10.0 Å². The maximum Gasteiger partial charge on any atom is 0.146 e. The van der Waals surface area contributed by atoms with Gasteiger partial charge in [-0.1, -0.05) is 40.9 Å². The Morgan fingerprint density at radius 2 is 1.59 bits per heavy atom. The van der Waals surface area contributed by atoms with Gasteiger partial charge in [0.25, 0.3) is 0 Å². The molecule has 0 saturated carbocycles. The lowest BCUT2D eigenvalue weighted by atomic mass is 10.1. The maximum atomic E-state index is 6.05. The number of rotatable bonds is 2. The highest BCUT2D eigenvalue weighted by atomic mass is 35.5. The summed E-state index contributed by atoms with van der Waals surface area (Å²) >= 11 is 11.9. The van der Waals surface area contributed by atoms with E-state index in [1.807, 2.05) is 26.0 Å². The molecule has 0 unspecified atom stereocenters. The van der Waals surface area contributed by atoms with Gasteiger partial charge < -0.3 is 4.74 Å². The molecule has 2 rings (SSSR count). The van der Waals surface area contributed by atoms with Crippen molar-refractivity contribution in [1.82, 2.24) is 0 Å². The summed E-state index contributed by atoms with van der Waals surface area (Å²) in [5, 5.41) is 1.11. The Kier molecular flexibility index (Phi) is 3.60. The molecule has 0 atom stereocenters. The fourth-order valence-electron chi connectivity index (χ4n) is 1.59. The first-order valence-corrected chi connectivity index (χ1v) is 6.02. The lowest BCUT2D eigenvalue weighted by molar-refractivity contribution is 0.479. The van der Waals surface area contributed by atoms with Gasteiger partial charge in [0.1, 0.15) is 11.5 Å². The van der Waals surface area contributed by atoms with Crippen LogP contribution in [-0.2, 0) is 0 Å². The summed E-state index contributed by atoms with van der Waals surface area (Å²) in [6.45, 7) is 4.05. The first-order valence-electron chi connectivity index (χ1n) is 5.26. The molecule has 0 amide bonds. The smallest absolute Gasteiger partial charge is 0.146 e. The van der Waals surface area contributed by atoms with Gasteiger partial charge in [-0.05, 0) is 43.7 Å². The minimum absolute atomic E-state index is 0.512. The van der Waals surface area contributed by atoms with Crippen LogP contribution in [0.4, 0.5) is 0 Å². The van der Waals surface area contributed by atoms with Crippen molar-refractivity contribution in [2.45, 2.75) is 13.8 Å². The Balaban J connectivity index is 2.31. The van der Waals surface area contributed by atoms with Crippen molar-refractivity contribution in [1.29, 1.82) is 0 Å². The molecular formula is C14H12Cl2O. The Morgan fingerprint density at radius 1 is 0.882 bits per heavy atom. The van der Waals surface area contributed by atoms with Crippen LogP contribution in [-0.4, -0.2) is 0 Å². The first kappa shape index (κ1) is 12.3. The van der Waals surface area contributed by atoms with Crippen molar-refractivity contribution < 1.29 is 4.74 Å². The van der Waals surface area contributed by atoms with Crippen LogP contribution in [0.1, 0.15) is 11.1 Å². The average Bonchev–Trinajstić information content (AvgIpc) is 2.25. The van der Waals surface area contributed by atoms with Crippen molar-refractivity contribution in [3.63, 3.8) is 0 Å². The van der Waals surface area contributed by atoms with Crippen LogP contribution < -0.4 is 4.74 Å². The molecule has 0 bridgehead atoms. The third-order valence-electron chi connectivity index (χ3n) is 2.44. The van der Waals surface area contributed by atoms with E-state index in [-0.39, 0.29) is 0 Å². The predicted molar refractivity (Wildman–Crippen MR) is 72.5 cm³/mol. The normalized spacial score (nSPS) is 10.4. The Labute approximate surface area is 111 Å². The zero-order chi connectivity index (χ0) is 12.4. The molecule has 0 aliphatic rings. The summed E-state index contributed by atoms with van der Waals surface area (Å²) in [5.41, 5.74) is 2.29. The molecule has 3 heteroatoms. The highest BCUT2D eigenvalue weighted by Gasteiger charge is 2.06. The molecule has 0 saturated heterocycles. The van der Waals surface area contributed by atoms with E-state index in [9.17, 15) is 0 Å². The predicted octanol–water partition coefficient (Wildman–Crippen LogP) is 5.40. The van der Waals surface area contributed by atoms with E-state index < -0.39 is 0 Å². The van der Waals surface area contributed by atoms with Crippen LogP contribution >= 0.6 is 23.2 Å². The molecule has 0 aromatic heterocycles. The van der Waals surface area contributed by atoms with Gasteiger partial charge in [-0.25, -0.2) is 0 Å². The summed E-state index contributed by atoms with van der Waals surface area (Å²) in [6.07, 6.45) is 0. The Morgan fingerprint density at radius 3 is 2.24 bits per heavy atom. The van der Waals surface area contributed by atoms with Crippen LogP contribution in [0, 0.1) is 13.8 Å². The largest absolute Gasteiger partial charge is 0.456 e. The quantitative estimate of drug-likeness (QED) is 0.707. The molecule has 17 heavy (non-hydrogen) atoms. The summed E-state index contributed by atoms with van der Waals surface area (Å²) in [7, 11) is 0. The molecule has 0 fully saturated rings. The molecule has 0 radical (unpaired) electrons. The minimum atomic E-state index is 0.512. The fourth-order valence-corrected chi connectivity index (χ4v) is 2.04. The number of ether oxygens (including phenoxy) is 1. The van der Waals surface area contributed by atoms with Crippen molar-refractivity contribution in [2.24, 2.45) is 0 Å². The van der Waals surface area contributed by atoms with Crippen molar-refractivity contribution in [3.05, 3.63) is 57.6 Å². The summed E-state index contributed by atoms with van der Waals surface area (Å²) in [4.78, 5) is 0.